The minimum Gasteiger partial charge on any atom is -0.543 e. The van der Waals surface area contributed by atoms with E-state index >= 15 is 0 Å². The molecule has 1 fully saturated rings. The van der Waals surface area contributed by atoms with Gasteiger partial charge in [-0.15, -0.1) is 11.3 Å². The summed E-state index contributed by atoms with van der Waals surface area (Å²) in [4.78, 5) is 34.0. The SMILES string of the molecule is COc1ccc(C(OC[C@H](COS(=O)(=O)c2ccc(C)cc2)Oc2ccc(-c3c(C4CC4)sc4ncnc(OC(Cc5cc(O[Si](C)(C)C(C)(C)C)ccc5OCc5ccnc(-c6ccccc6OC)n5)C(=O)O)c34)c(C)c2Cl)(c2ccccc2)c2ccc(OC)cc2)cc1. The summed E-state index contributed by atoms with van der Waals surface area (Å²) >= 11 is 9.04. The van der Waals surface area contributed by atoms with Crippen molar-refractivity contribution in [2.75, 3.05) is 34.5 Å². The van der Waals surface area contributed by atoms with Gasteiger partial charge >= 0.3 is 5.97 Å². The maximum Gasteiger partial charge on any atom is 0.345 e. The molecule has 10 aromatic rings. The lowest BCUT2D eigenvalue weighted by molar-refractivity contribution is -0.145. The van der Waals surface area contributed by atoms with Crippen molar-refractivity contribution < 1.29 is 60.1 Å². The molecule has 0 bridgehead atoms. The fraction of sp³-hybridized carbons (Fsp3) is 0.284. The Morgan fingerprint density at radius 3 is 1.99 bits per heavy atom. The Labute approximate surface area is 564 Å². The monoisotopic (exact) mass is 1350 g/mol. The lowest BCUT2D eigenvalue weighted by Gasteiger charge is -2.37. The van der Waals surface area contributed by atoms with Gasteiger partial charge in [0.25, 0.3) is 10.1 Å². The van der Waals surface area contributed by atoms with Crippen molar-refractivity contribution in [2.24, 2.45) is 0 Å². The molecule has 11 rings (SSSR count). The highest BCUT2D eigenvalue weighted by atomic mass is 35.5. The summed E-state index contributed by atoms with van der Waals surface area (Å²) < 4.78 is 84.8. The van der Waals surface area contributed by atoms with Crippen molar-refractivity contribution in [2.45, 2.75) is 107 Å². The number of halogens is 1. The Balaban J connectivity index is 0.941. The lowest BCUT2D eigenvalue weighted by Crippen LogP contribution is -2.43. The minimum absolute atomic E-state index is 0.0259. The van der Waals surface area contributed by atoms with E-state index in [0.29, 0.717) is 72.7 Å². The highest BCUT2D eigenvalue weighted by Gasteiger charge is 2.41. The van der Waals surface area contributed by atoms with Crippen LogP contribution in [-0.4, -0.2) is 94.5 Å². The van der Waals surface area contributed by atoms with Crippen molar-refractivity contribution in [1.82, 2.24) is 19.9 Å². The van der Waals surface area contributed by atoms with E-state index in [2.05, 4.69) is 43.8 Å². The molecule has 17 nitrogen and oxygen atoms in total. The average molecular weight is 1360 g/mol. The molecule has 1 saturated carbocycles. The number of carboxylic acids is 1. The van der Waals surface area contributed by atoms with Gasteiger partial charge in [0.05, 0.1) is 54.5 Å². The van der Waals surface area contributed by atoms with Crippen LogP contribution in [0.2, 0.25) is 23.2 Å². The summed E-state index contributed by atoms with van der Waals surface area (Å²) in [5, 5.41) is 11.8. The van der Waals surface area contributed by atoms with Gasteiger partial charge in [-0.05, 0) is 157 Å². The first kappa shape index (κ1) is 67.5. The largest absolute Gasteiger partial charge is 0.543 e. The van der Waals surface area contributed by atoms with Crippen molar-refractivity contribution in [1.29, 1.82) is 0 Å². The first-order valence-electron chi connectivity index (χ1n) is 31.1. The fourth-order valence-corrected chi connectivity index (χ4v) is 14.4. The van der Waals surface area contributed by atoms with E-state index < -0.39 is 48.8 Å². The first-order chi connectivity index (χ1) is 45.6. The van der Waals surface area contributed by atoms with E-state index in [0.717, 1.165) is 45.5 Å². The van der Waals surface area contributed by atoms with Gasteiger partial charge in [-0.25, -0.2) is 24.7 Å². The fourth-order valence-electron chi connectivity index (χ4n) is 10.9. The second-order valence-corrected chi connectivity index (χ2v) is 32.5. The van der Waals surface area contributed by atoms with Gasteiger partial charge in [0, 0.05) is 28.6 Å². The summed E-state index contributed by atoms with van der Waals surface area (Å²) in [5.74, 6) is 2.56. The number of rotatable bonds is 28. The van der Waals surface area contributed by atoms with Crippen LogP contribution in [-0.2, 0) is 42.5 Å². The number of hydrogen-bond donors (Lipinski definition) is 1. The third kappa shape index (κ3) is 15.0. The maximum absolute atomic E-state index is 14.0. The van der Waals surface area contributed by atoms with Crippen LogP contribution in [0.5, 0.6) is 40.4 Å². The second kappa shape index (κ2) is 28.6. The van der Waals surface area contributed by atoms with Crippen molar-refractivity contribution >= 4 is 57.6 Å². The van der Waals surface area contributed by atoms with Crippen LogP contribution in [0.4, 0.5) is 0 Å². The van der Waals surface area contributed by atoms with Gasteiger partial charge in [-0.1, -0.05) is 123 Å². The molecule has 3 heterocycles. The van der Waals surface area contributed by atoms with Crippen LogP contribution in [0.3, 0.4) is 0 Å². The summed E-state index contributed by atoms with van der Waals surface area (Å²) in [6.45, 7) is 13.8. The van der Waals surface area contributed by atoms with Gasteiger partial charge in [0.15, 0.2) is 5.82 Å². The van der Waals surface area contributed by atoms with Crippen LogP contribution < -0.4 is 32.8 Å². The number of aliphatic carboxylic acids is 1. The molecule has 1 aliphatic rings. The molecule has 1 N–H and O–H groups in total. The molecule has 0 saturated heterocycles. The Hall–Kier alpha value is -8.89. The predicted octanol–water partition coefficient (Wildman–Crippen LogP) is 16.2. The Morgan fingerprint density at radius 1 is 0.705 bits per heavy atom. The van der Waals surface area contributed by atoms with Crippen molar-refractivity contribution in [3.8, 4) is 62.9 Å². The van der Waals surface area contributed by atoms with Gasteiger partial charge in [0.1, 0.15) is 70.6 Å². The van der Waals surface area contributed by atoms with E-state index in [1.165, 1.54) is 29.8 Å². The van der Waals surface area contributed by atoms with Gasteiger partial charge in [0.2, 0.25) is 20.3 Å². The van der Waals surface area contributed by atoms with E-state index in [9.17, 15) is 18.3 Å². The quantitative estimate of drug-likeness (QED) is 0.0275. The number of ether oxygens (including phenoxy) is 7. The molecule has 0 amide bonds. The highest BCUT2D eigenvalue weighted by molar-refractivity contribution is 7.86. The predicted molar refractivity (Wildman–Crippen MR) is 370 cm³/mol. The summed E-state index contributed by atoms with van der Waals surface area (Å²) in [7, 11) is -1.91. The molecule has 2 atom stereocenters. The Kier molecular flexibility index (Phi) is 20.3. The normalized spacial score (nSPS) is 13.4. The number of para-hydroxylation sites is 1. The van der Waals surface area contributed by atoms with E-state index in [-0.39, 0.29) is 52.1 Å². The van der Waals surface area contributed by atoms with Crippen LogP contribution >= 0.6 is 22.9 Å². The second-order valence-electron chi connectivity index (χ2n) is 24.8. The molecule has 3 aromatic heterocycles. The topological polar surface area (TPSA) is 206 Å². The Bertz CT molecular complexity index is 4430. The number of hydrogen-bond acceptors (Lipinski definition) is 17. The standard InChI is InChI=1S/C74H75ClN4O13S2Si/c1-46-20-33-58(34-21-46)94(82,83)89-44-57(43-88-74(50-16-12-11-13-17-50,51-24-28-54(84-6)29-25-51)52-26-30-55(85-7)31-27-52)90-63-37-35-59(47(2)67(63)75)65-66-70(77-45-78-71(66)93-68(65)48-22-23-48)91-64(72(80)81)41-49-40-56(92-95(9,10)73(3,4)5)32-36-61(49)87-42-53-38-39-76-69(79-53)60-18-14-15-19-62(60)86-8/h11-21,24-40,45,48,57,64H,22-23,41-44H2,1-10H3,(H,80,81)/t57-,64?/m1/s1. The third-order valence-corrected chi connectivity index (χ3v) is 24.7. The van der Waals surface area contributed by atoms with Crippen molar-refractivity contribution in [3.05, 3.63) is 225 Å². The number of thiophene rings is 1. The molecule has 95 heavy (non-hydrogen) atoms. The maximum atomic E-state index is 14.0. The molecule has 21 heteroatoms. The van der Waals surface area contributed by atoms with Gasteiger partial charge in [-0.2, -0.15) is 8.42 Å². The number of carbonyl (C=O) groups is 1. The molecular formula is C74H75ClN4O13S2Si. The summed E-state index contributed by atoms with van der Waals surface area (Å²) in [5.41, 5.74) is 5.71. The third-order valence-electron chi connectivity index (χ3n) is 17.3. The van der Waals surface area contributed by atoms with Crippen LogP contribution in [0.1, 0.15) is 83.5 Å². The van der Waals surface area contributed by atoms with E-state index in [4.69, 9.17) is 63.3 Å². The number of aryl methyl sites for hydroxylation is 1. The molecule has 0 radical (unpaired) electrons. The number of aromatic nitrogens is 4. The lowest BCUT2D eigenvalue weighted by atomic mass is 9.80. The summed E-state index contributed by atoms with van der Waals surface area (Å²) in [6.07, 6.45) is 2.13. The zero-order valence-corrected chi connectivity index (χ0v) is 57.9. The highest BCUT2D eigenvalue weighted by Crippen LogP contribution is 2.54. The van der Waals surface area contributed by atoms with E-state index in [1.54, 1.807) is 57.9 Å². The zero-order chi connectivity index (χ0) is 67.2. The van der Waals surface area contributed by atoms with Crippen LogP contribution in [0, 0.1) is 13.8 Å². The number of methoxy groups -OCH3 is 3. The molecule has 1 unspecified atom stereocenters. The van der Waals surface area contributed by atoms with Crippen LogP contribution in [0.15, 0.2) is 181 Å². The smallest absolute Gasteiger partial charge is 0.345 e. The van der Waals surface area contributed by atoms with Gasteiger partial charge in [-0.3, -0.25) is 4.18 Å². The molecule has 7 aromatic carbocycles. The molecule has 0 spiro atoms. The number of carboxylic acid groups (broad SMARTS) is 1. The summed E-state index contributed by atoms with van der Waals surface area (Å²) in [6, 6.07) is 49.6. The zero-order valence-electron chi connectivity index (χ0n) is 54.5. The molecule has 1 aliphatic carbocycles. The van der Waals surface area contributed by atoms with Crippen molar-refractivity contribution in [3.63, 3.8) is 0 Å². The Morgan fingerprint density at radius 2 is 1.35 bits per heavy atom. The molecule has 0 aliphatic heterocycles. The number of benzene rings is 7. The van der Waals surface area contributed by atoms with Gasteiger partial charge < -0.3 is 42.7 Å². The first-order valence-corrected chi connectivity index (χ1v) is 36.6. The number of nitrogens with zero attached hydrogens (tertiary/aromatic N) is 4. The number of fused-ring (bicyclic) bond motifs is 1. The minimum atomic E-state index is -4.32. The average Bonchev–Trinajstić information content (AvgIpc) is 1.65. The molecular weight excluding hydrogens is 1280 g/mol. The van der Waals surface area contributed by atoms with E-state index in [1.807, 2.05) is 135 Å². The van der Waals surface area contributed by atoms with Crippen LogP contribution in [0.25, 0.3) is 32.7 Å². The molecule has 492 valence electrons.